The van der Waals surface area contributed by atoms with Gasteiger partial charge in [-0.25, -0.2) is 0 Å². The van der Waals surface area contributed by atoms with E-state index >= 15 is 0 Å². The van der Waals surface area contributed by atoms with Gasteiger partial charge in [0.05, 0.1) is 27.2 Å². The molecule has 0 aliphatic carbocycles. The van der Waals surface area contributed by atoms with Crippen LogP contribution in [0, 0.1) is 0 Å². The third-order valence-corrected chi connectivity index (χ3v) is 5.52. The molecule has 0 amide bonds. The molecule has 0 saturated heterocycles. The van der Waals surface area contributed by atoms with Crippen molar-refractivity contribution in [2.24, 2.45) is 0 Å². The van der Waals surface area contributed by atoms with Gasteiger partial charge in [0.1, 0.15) is 0 Å². The second-order valence-corrected chi connectivity index (χ2v) is 8.83. The number of aliphatic carboxylic acids is 1. The highest BCUT2D eigenvalue weighted by Crippen LogP contribution is 2.13. The fraction of sp³-hybridized carbons (Fsp3) is 0.957. The lowest BCUT2D eigenvalue weighted by atomic mass is 10.1. The van der Waals surface area contributed by atoms with Gasteiger partial charge in [0.15, 0.2) is 0 Å². The maximum Gasteiger partial charge on any atom is 0.303 e. The summed E-state index contributed by atoms with van der Waals surface area (Å²) in [6, 6.07) is 0. The highest BCUT2D eigenvalue weighted by molar-refractivity contribution is 5.66. The van der Waals surface area contributed by atoms with E-state index in [1.54, 1.807) is 0 Å². The molecule has 26 heavy (non-hydrogen) atoms. The Morgan fingerprint density at radius 1 is 0.615 bits per heavy atom. The highest BCUT2D eigenvalue weighted by Gasteiger charge is 2.13. The summed E-state index contributed by atoms with van der Waals surface area (Å²) in [5, 5.41) is 8.60. The van der Waals surface area contributed by atoms with Gasteiger partial charge in [0, 0.05) is 6.42 Å². The van der Waals surface area contributed by atoms with Crippen LogP contribution in [0.5, 0.6) is 0 Å². The number of carboxylic acid groups (broad SMARTS) is 1. The van der Waals surface area contributed by atoms with Crippen molar-refractivity contribution in [1.29, 1.82) is 0 Å². The van der Waals surface area contributed by atoms with E-state index in [2.05, 4.69) is 21.0 Å². The molecule has 0 rings (SSSR count). The quantitative estimate of drug-likeness (QED) is 0.189. The molecular formula is C23H48NO2+. The van der Waals surface area contributed by atoms with Crippen molar-refractivity contribution in [2.75, 3.05) is 27.2 Å². The molecule has 0 aromatic rings. The van der Waals surface area contributed by atoms with Crippen molar-refractivity contribution in [3.63, 3.8) is 0 Å². The molecule has 0 bridgehead atoms. The zero-order valence-corrected chi connectivity index (χ0v) is 18.2. The van der Waals surface area contributed by atoms with Gasteiger partial charge >= 0.3 is 5.97 Å². The van der Waals surface area contributed by atoms with Crippen LogP contribution < -0.4 is 0 Å². The maximum absolute atomic E-state index is 10.4. The molecule has 156 valence electrons. The smallest absolute Gasteiger partial charge is 0.303 e. The van der Waals surface area contributed by atoms with Crippen LogP contribution in [0.15, 0.2) is 0 Å². The number of nitrogens with zero attached hydrogens (tertiary/aromatic N) is 1. The zero-order valence-electron chi connectivity index (χ0n) is 18.2. The van der Waals surface area contributed by atoms with Crippen LogP contribution in [0.2, 0.25) is 0 Å². The summed E-state index contributed by atoms with van der Waals surface area (Å²) in [7, 11) is 4.79. The summed E-state index contributed by atoms with van der Waals surface area (Å²) in [6.45, 7) is 4.93. The number of carboxylic acids is 1. The first-order chi connectivity index (χ1) is 12.5. The lowest BCUT2D eigenvalue weighted by Gasteiger charge is -2.30. The van der Waals surface area contributed by atoms with Gasteiger partial charge in [-0.05, 0) is 32.1 Å². The average molecular weight is 371 g/mol. The minimum absolute atomic E-state index is 0.339. The molecule has 3 nitrogen and oxygen atoms in total. The Morgan fingerprint density at radius 2 is 0.962 bits per heavy atom. The molecule has 0 fully saturated rings. The van der Waals surface area contributed by atoms with E-state index in [1.807, 2.05) is 0 Å². The van der Waals surface area contributed by atoms with E-state index in [-0.39, 0.29) is 0 Å². The maximum atomic E-state index is 10.4. The summed E-state index contributed by atoms with van der Waals surface area (Å²) >= 11 is 0. The first-order valence-electron chi connectivity index (χ1n) is 11.5. The van der Waals surface area contributed by atoms with E-state index in [1.165, 1.54) is 107 Å². The molecule has 0 atom stereocenters. The summed E-state index contributed by atoms with van der Waals surface area (Å²) in [6.07, 6.45) is 21.4. The molecule has 0 aliphatic rings. The molecule has 3 heteroatoms. The van der Waals surface area contributed by atoms with E-state index in [0.29, 0.717) is 6.42 Å². The van der Waals surface area contributed by atoms with Crippen molar-refractivity contribution in [2.45, 2.75) is 116 Å². The third-order valence-electron chi connectivity index (χ3n) is 5.52. The van der Waals surface area contributed by atoms with Crippen molar-refractivity contribution >= 4 is 5.97 Å². The van der Waals surface area contributed by atoms with Crippen LogP contribution >= 0.6 is 0 Å². The second-order valence-electron chi connectivity index (χ2n) is 8.83. The first-order valence-corrected chi connectivity index (χ1v) is 11.5. The fourth-order valence-corrected chi connectivity index (χ4v) is 3.66. The molecule has 0 aromatic carbocycles. The molecule has 0 aromatic heterocycles. The number of carbonyl (C=O) groups is 1. The Kier molecular flexibility index (Phi) is 17.4. The van der Waals surface area contributed by atoms with Gasteiger partial charge in [-0.15, -0.1) is 0 Å². The number of unbranched alkanes of at least 4 members (excludes halogenated alkanes) is 14. The predicted molar refractivity (Wildman–Crippen MR) is 114 cm³/mol. The summed E-state index contributed by atoms with van der Waals surface area (Å²) in [5.74, 6) is -0.655. The number of hydrogen-bond donors (Lipinski definition) is 1. The zero-order chi connectivity index (χ0) is 19.5. The predicted octanol–water partition coefficient (Wildman–Crippen LogP) is 6.80. The monoisotopic (exact) mass is 370 g/mol. The molecule has 0 saturated carbocycles. The van der Waals surface area contributed by atoms with E-state index in [0.717, 1.165) is 12.8 Å². The SMILES string of the molecule is CCCCCCCCCC[N+](C)(C)CCCCCCCCCCC(=O)O. The summed E-state index contributed by atoms with van der Waals surface area (Å²) in [4.78, 5) is 10.4. The topological polar surface area (TPSA) is 37.3 Å². The molecule has 0 aliphatic heterocycles. The van der Waals surface area contributed by atoms with E-state index in [4.69, 9.17) is 5.11 Å². The molecule has 0 unspecified atom stereocenters. The van der Waals surface area contributed by atoms with Crippen LogP contribution in [0.25, 0.3) is 0 Å². The Morgan fingerprint density at radius 3 is 1.35 bits per heavy atom. The lowest BCUT2D eigenvalue weighted by molar-refractivity contribution is -0.890. The number of hydrogen-bond acceptors (Lipinski definition) is 1. The number of rotatable bonds is 20. The molecule has 0 radical (unpaired) electrons. The fourth-order valence-electron chi connectivity index (χ4n) is 3.66. The van der Waals surface area contributed by atoms with Gasteiger partial charge < -0.3 is 9.59 Å². The lowest BCUT2D eigenvalue weighted by Crippen LogP contribution is -2.41. The third kappa shape index (κ3) is 19.8. The second kappa shape index (κ2) is 17.8. The van der Waals surface area contributed by atoms with Crippen LogP contribution in [0.1, 0.15) is 116 Å². The molecular weight excluding hydrogens is 322 g/mol. The average Bonchev–Trinajstić information content (AvgIpc) is 2.58. The van der Waals surface area contributed by atoms with E-state index in [9.17, 15) is 4.79 Å². The van der Waals surface area contributed by atoms with E-state index < -0.39 is 5.97 Å². The Bertz CT molecular complexity index is 315. The molecule has 1 N–H and O–H groups in total. The van der Waals surface area contributed by atoms with Crippen LogP contribution in [-0.4, -0.2) is 42.7 Å². The van der Waals surface area contributed by atoms with Crippen LogP contribution in [-0.2, 0) is 4.79 Å². The molecule has 0 spiro atoms. The van der Waals surface area contributed by atoms with Gasteiger partial charge in [-0.3, -0.25) is 4.79 Å². The summed E-state index contributed by atoms with van der Waals surface area (Å²) in [5.41, 5.74) is 0. The minimum Gasteiger partial charge on any atom is -0.481 e. The Hall–Kier alpha value is -0.570. The van der Waals surface area contributed by atoms with Crippen molar-refractivity contribution in [1.82, 2.24) is 0 Å². The van der Waals surface area contributed by atoms with Gasteiger partial charge in [0.25, 0.3) is 0 Å². The van der Waals surface area contributed by atoms with Gasteiger partial charge in [0.2, 0.25) is 0 Å². The van der Waals surface area contributed by atoms with Crippen LogP contribution in [0.4, 0.5) is 0 Å². The number of quaternary nitrogens is 1. The van der Waals surface area contributed by atoms with Crippen molar-refractivity contribution in [3.8, 4) is 0 Å². The highest BCUT2D eigenvalue weighted by atomic mass is 16.4. The van der Waals surface area contributed by atoms with Crippen LogP contribution in [0.3, 0.4) is 0 Å². The van der Waals surface area contributed by atoms with Crippen molar-refractivity contribution in [3.05, 3.63) is 0 Å². The van der Waals surface area contributed by atoms with Crippen molar-refractivity contribution < 1.29 is 14.4 Å². The van der Waals surface area contributed by atoms with Gasteiger partial charge in [-0.2, -0.15) is 0 Å². The summed E-state index contributed by atoms with van der Waals surface area (Å²) < 4.78 is 1.19. The first kappa shape index (κ1) is 25.4. The largest absolute Gasteiger partial charge is 0.481 e. The minimum atomic E-state index is -0.655. The molecule has 0 heterocycles. The Labute approximate surface area is 164 Å². The van der Waals surface area contributed by atoms with Gasteiger partial charge in [-0.1, -0.05) is 77.6 Å². The Balaban J connectivity index is 3.34. The normalized spacial score (nSPS) is 11.8. The standard InChI is InChI=1S/C23H47NO2/c1-4-5-6-7-8-12-15-18-21-24(2,3)22-19-16-13-10-9-11-14-17-20-23(25)26/h4-22H2,1-3H3/p+1.